The molecule has 9 nitrogen and oxygen atoms in total. The molecule has 3 rings (SSSR count). The van der Waals surface area contributed by atoms with Crippen molar-refractivity contribution >= 4 is 17.5 Å². The molecule has 0 aliphatic carbocycles. The van der Waals surface area contributed by atoms with Crippen LogP contribution in [0.5, 0.6) is 11.5 Å². The molecule has 0 atom stereocenters. The summed E-state index contributed by atoms with van der Waals surface area (Å²) in [5.41, 5.74) is 2.03. The zero-order valence-electron chi connectivity index (χ0n) is 16.0. The molecule has 3 aromatic rings. The minimum atomic E-state index is -0.480. The van der Waals surface area contributed by atoms with E-state index in [1.54, 1.807) is 50.4 Å². The number of nitro groups is 1. The lowest BCUT2D eigenvalue weighted by atomic mass is 10.1. The van der Waals surface area contributed by atoms with Crippen molar-refractivity contribution in [3.63, 3.8) is 0 Å². The van der Waals surface area contributed by atoms with Gasteiger partial charge < -0.3 is 9.47 Å². The Bertz CT molecular complexity index is 1090. The van der Waals surface area contributed by atoms with E-state index in [1.165, 1.54) is 30.0 Å². The van der Waals surface area contributed by atoms with Crippen LogP contribution in [0.25, 0.3) is 11.8 Å². The molecule has 0 aliphatic rings. The second-order valence-electron chi connectivity index (χ2n) is 6.02. The monoisotopic (exact) mass is 394 g/mol. The van der Waals surface area contributed by atoms with Crippen molar-refractivity contribution in [2.75, 3.05) is 14.2 Å². The highest BCUT2D eigenvalue weighted by molar-refractivity contribution is 6.06. The highest BCUT2D eigenvalue weighted by atomic mass is 16.6. The smallest absolute Gasteiger partial charge is 0.269 e. The summed E-state index contributed by atoms with van der Waals surface area (Å²) in [7, 11) is 3.09. The van der Waals surface area contributed by atoms with Gasteiger partial charge in [0.1, 0.15) is 0 Å². The summed E-state index contributed by atoms with van der Waals surface area (Å²) in [4.78, 5) is 22.9. The van der Waals surface area contributed by atoms with Gasteiger partial charge in [0.15, 0.2) is 17.2 Å². The number of aromatic nitrogens is 3. The second kappa shape index (κ2) is 8.34. The predicted octanol–water partition coefficient (Wildman–Crippen LogP) is 3.40. The van der Waals surface area contributed by atoms with Crippen LogP contribution in [-0.2, 0) is 0 Å². The van der Waals surface area contributed by atoms with Gasteiger partial charge in [0, 0.05) is 12.1 Å². The molecule has 0 radical (unpaired) electrons. The number of methoxy groups -OCH3 is 2. The first-order valence-corrected chi connectivity index (χ1v) is 8.56. The third kappa shape index (κ3) is 4.13. The van der Waals surface area contributed by atoms with E-state index in [4.69, 9.17) is 9.47 Å². The van der Waals surface area contributed by atoms with Crippen molar-refractivity contribution in [3.8, 4) is 17.2 Å². The molecular formula is C20H18N4O5. The fraction of sp³-hybridized carbons (Fsp3) is 0.150. The Morgan fingerprint density at radius 3 is 2.41 bits per heavy atom. The van der Waals surface area contributed by atoms with Gasteiger partial charge in [0.2, 0.25) is 5.78 Å². The first-order chi connectivity index (χ1) is 13.9. The molecule has 148 valence electrons. The van der Waals surface area contributed by atoms with Gasteiger partial charge in [-0.2, -0.15) is 0 Å². The number of hydrogen-bond acceptors (Lipinski definition) is 7. The predicted molar refractivity (Wildman–Crippen MR) is 106 cm³/mol. The van der Waals surface area contributed by atoms with Crippen LogP contribution >= 0.6 is 0 Å². The third-order valence-electron chi connectivity index (χ3n) is 4.27. The lowest BCUT2D eigenvalue weighted by molar-refractivity contribution is -0.384. The number of carbonyl (C=O) groups excluding carboxylic acids is 1. The van der Waals surface area contributed by atoms with Gasteiger partial charge in [-0.15, -0.1) is 5.10 Å². The van der Waals surface area contributed by atoms with E-state index >= 15 is 0 Å². The van der Waals surface area contributed by atoms with Crippen LogP contribution in [0.3, 0.4) is 0 Å². The molecule has 1 heterocycles. The van der Waals surface area contributed by atoms with Gasteiger partial charge in [0.25, 0.3) is 5.69 Å². The molecule has 29 heavy (non-hydrogen) atoms. The molecule has 0 N–H and O–H groups in total. The van der Waals surface area contributed by atoms with E-state index in [2.05, 4.69) is 10.3 Å². The minimum Gasteiger partial charge on any atom is -0.493 e. The second-order valence-corrected chi connectivity index (χ2v) is 6.02. The number of ketones is 1. The van der Waals surface area contributed by atoms with E-state index in [-0.39, 0.29) is 17.2 Å². The SMILES string of the molecule is COc1ccc(/C=C/C(=O)c2nnn(-c3ccc([N+](=O)[O-])cc3)c2C)cc1OC. The van der Waals surface area contributed by atoms with Gasteiger partial charge in [-0.1, -0.05) is 17.4 Å². The van der Waals surface area contributed by atoms with Crippen molar-refractivity contribution in [3.05, 3.63) is 75.6 Å². The number of ether oxygens (including phenoxy) is 2. The number of rotatable bonds is 7. The summed E-state index contributed by atoms with van der Waals surface area (Å²) in [6.07, 6.45) is 3.05. The molecule has 0 aliphatic heterocycles. The van der Waals surface area contributed by atoms with E-state index in [1.807, 2.05) is 0 Å². The van der Waals surface area contributed by atoms with Gasteiger partial charge in [-0.25, -0.2) is 4.68 Å². The van der Waals surface area contributed by atoms with Crippen LogP contribution in [-0.4, -0.2) is 39.9 Å². The molecule has 0 saturated carbocycles. The third-order valence-corrected chi connectivity index (χ3v) is 4.27. The van der Waals surface area contributed by atoms with E-state index in [0.717, 1.165) is 5.56 Å². The minimum absolute atomic E-state index is 0.0272. The molecule has 0 fully saturated rings. The number of hydrogen-bond donors (Lipinski definition) is 0. The number of non-ortho nitro benzene ring substituents is 1. The zero-order valence-corrected chi connectivity index (χ0v) is 16.0. The van der Waals surface area contributed by atoms with Crippen molar-refractivity contribution in [2.45, 2.75) is 6.92 Å². The van der Waals surface area contributed by atoms with E-state index in [9.17, 15) is 14.9 Å². The van der Waals surface area contributed by atoms with Gasteiger partial charge in [-0.05, 0) is 42.8 Å². The van der Waals surface area contributed by atoms with Crippen LogP contribution in [0.15, 0.2) is 48.5 Å². The van der Waals surface area contributed by atoms with Crippen molar-refractivity contribution in [1.29, 1.82) is 0 Å². The molecule has 2 aromatic carbocycles. The molecule has 0 amide bonds. The van der Waals surface area contributed by atoms with E-state index < -0.39 is 4.92 Å². The first-order valence-electron chi connectivity index (χ1n) is 8.56. The summed E-state index contributed by atoms with van der Waals surface area (Å²) >= 11 is 0. The lowest BCUT2D eigenvalue weighted by Gasteiger charge is -2.07. The summed E-state index contributed by atoms with van der Waals surface area (Å²) < 4.78 is 11.9. The van der Waals surface area contributed by atoms with Gasteiger partial charge in [-0.3, -0.25) is 14.9 Å². The average molecular weight is 394 g/mol. The Labute approximate surface area is 166 Å². The molecule has 9 heteroatoms. The van der Waals surface area contributed by atoms with Crippen molar-refractivity contribution in [2.24, 2.45) is 0 Å². The summed E-state index contributed by atoms with van der Waals surface area (Å²) in [6, 6.07) is 11.1. The normalized spacial score (nSPS) is 10.9. The highest BCUT2D eigenvalue weighted by Crippen LogP contribution is 2.28. The first kappa shape index (κ1) is 19.7. The van der Waals surface area contributed by atoms with Gasteiger partial charge >= 0.3 is 0 Å². The summed E-state index contributed by atoms with van der Waals surface area (Å²) in [6.45, 7) is 1.71. The zero-order chi connectivity index (χ0) is 21.0. The quantitative estimate of drug-likeness (QED) is 0.261. The highest BCUT2D eigenvalue weighted by Gasteiger charge is 2.16. The van der Waals surface area contributed by atoms with Crippen LogP contribution in [0.4, 0.5) is 5.69 Å². The topological polar surface area (TPSA) is 109 Å². The average Bonchev–Trinajstić information content (AvgIpc) is 3.13. The summed E-state index contributed by atoms with van der Waals surface area (Å²) in [5.74, 6) is 0.839. The molecule has 0 bridgehead atoms. The maximum absolute atomic E-state index is 12.6. The Morgan fingerprint density at radius 2 is 1.79 bits per heavy atom. The Morgan fingerprint density at radius 1 is 1.10 bits per heavy atom. The number of carbonyl (C=O) groups is 1. The Kier molecular flexibility index (Phi) is 5.68. The fourth-order valence-electron chi connectivity index (χ4n) is 2.72. The Balaban J connectivity index is 1.82. The molecule has 0 saturated heterocycles. The van der Waals surface area contributed by atoms with Crippen molar-refractivity contribution in [1.82, 2.24) is 15.0 Å². The largest absolute Gasteiger partial charge is 0.493 e. The maximum atomic E-state index is 12.6. The van der Waals surface area contributed by atoms with E-state index in [0.29, 0.717) is 22.9 Å². The number of allylic oxidation sites excluding steroid dienone is 1. The van der Waals surface area contributed by atoms with Gasteiger partial charge in [0.05, 0.1) is 30.5 Å². The number of benzene rings is 2. The molecular weight excluding hydrogens is 376 g/mol. The van der Waals surface area contributed by atoms with Crippen LogP contribution in [0, 0.1) is 17.0 Å². The van der Waals surface area contributed by atoms with Crippen LogP contribution < -0.4 is 9.47 Å². The molecule has 0 spiro atoms. The molecule has 1 aromatic heterocycles. The van der Waals surface area contributed by atoms with Crippen LogP contribution in [0.2, 0.25) is 0 Å². The number of nitro benzene ring substituents is 1. The summed E-state index contributed by atoms with van der Waals surface area (Å²) in [5, 5.41) is 18.7. The van der Waals surface area contributed by atoms with Crippen LogP contribution in [0.1, 0.15) is 21.7 Å². The number of nitrogens with zero attached hydrogens (tertiary/aromatic N) is 4. The lowest BCUT2D eigenvalue weighted by Crippen LogP contribution is -2.02. The van der Waals surface area contributed by atoms with Crippen molar-refractivity contribution < 1.29 is 19.2 Å². The maximum Gasteiger partial charge on any atom is 0.269 e. The standard InChI is InChI=1S/C20H18N4O5/c1-13-20(21-22-23(13)15-6-8-16(9-7-15)24(26)27)17(25)10-4-14-5-11-18(28-2)19(12-14)29-3/h4-12H,1-3H3/b10-4+. The molecule has 0 unspecified atom stereocenters. The fourth-order valence-corrected chi connectivity index (χ4v) is 2.72. The Hall–Kier alpha value is -4.01.